The molecule has 1 atom stereocenters. The molecular weight excluding hydrogens is 484 g/mol. The summed E-state index contributed by atoms with van der Waals surface area (Å²) in [6.45, 7) is 5.09. The molecule has 2 aliphatic rings. The van der Waals surface area contributed by atoms with E-state index in [0.717, 1.165) is 5.56 Å². The van der Waals surface area contributed by atoms with E-state index in [1.807, 2.05) is 0 Å². The zero-order valence-corrected chi connectivity index (χ0v) is 20.6. The van der Waals surface area contributed by atoms with Crippen LogP contribution < -0.4 is 29.1 Å². The first kappa shape index (κ1) is 23.6. The third-order valence-electron chi connectivity index (χ3n) is 5.67. The normalized spacial score (nSPS) is 16.4. The fourth-order valence-electron chi connectivity index (χ4n) is 4.14. The summed E-state index contributed by atoms with van der Waals surface area (Å²) in [6, 6.07) is 11.4. The molecule has 0 spiro atoms. The fourth-order valence-corrected chi connectivity index (χ4v) is 5.19. The van der Waals surface area contributed by atoms with Crippen LogP contribution in [0, 0.1) is 0 Å². The molecule has 0 aliphatic carbocycles. The Bertz CT molecular complexity index is 1580. The first-order chi connectivity index (χ1) is 17.4. The number of nitrogens with zero attached hydrogens (tertiary/aromatic N) is 2. The van der Waals surface area contributed by atoms with Gasteiger partial charge in [-0.05, 0) is 55.3 Å². The van der Waals surface area contributed by atoms with E-state index in [1.165, 1.54) is 22.8 Å². The summed E-state index contributed by atoms with van der Waals surface area (Å²) in [7, 11) is 0. The van der Waals surface area contributed by atoms with E-state index < -0.39 is 18.0 Å². The number of thiazole rings is 1. The number of rotatable bonds is 5. The second kappa shape index (κ2) is 9.46. The summed E-state index contributed by atoms with van der Waals surface area (Å²) < 4.78 is 23.3. The minimum atomic E-state index is -0.747. The highest BCUT2D eigenvalue weighted by molar-refractivity contribution is 7.07. The van der Waals surface area contributed by atoms with Crippen molar-refractivity contribution in [2.24, 2.45) is 4.99 Å². The van der Waals surface area contributed by atoms with Crippen molar-refractivity contribution in [3.05, 3.63) is 84.5 Å². The van der Waals surface area contributed by atoms with Gasteiger partial charge in [-0.25, -0.2) is 9.79 Å². The number of hydrogen-bond donors (Lipinski definition) is 0. The van der Waals surface area contributed by atoms with Crippen molar-refractivity contribution in [2.75, 3.05) is 13.4 Å². The minimum absolute atomic E-state index is 0.109. The molecule has 2 aromatic carbocycles. The molecule has 2 aliphatic heterocycles. The number of fused-ring (bicyclic) bond motifs is 2. The minimum Gasteiger partial charge on any atom is -0.463 e. The molecule has 0 unspecified atom stereocenters. The van der Waals surface area contributed by atoms with Gasteiger partial charge >= 0.3 is 11.9 Å². The van der Waals surface area contributed by atoms with Crippen LogP contribution in [0.2, 0.25) is 0 Å². The monoisotopic (exact) mass is 506 g/mol. The Morgan fingerprint density at radius 1 is 1.17 bits per heavy atom. The molecule has 0 bridgehead atoms. The van der Waals surface area contributed by atoms with E-state index in [9.17, 15) is 14.4 Å². The lowest BCUT2D eigenvalue weighted by Gasteiger charge is -2.24. The third kappa shape index (κ3) is 4.31. The maximum Gasteiger partial charge on any atom is 0.338 e. The highest BCUT2D eigenvalue weighted by Crippen LogP contribution is 2.38. The standard InChI is InChI=1S/C26H22N2O7S/c1-4-32-25(31)22-14(2)27-26-28(23(22)17-7-10-19-20(12-17)34-13-33-19)24(30)21(36-26)11-16-5-8-18(9-6-16)35-15(3)29/h5-12,23H,4,13H2,1-3H3/b21-11-/t23-/m0/s1. The van der Waals surface area contributed by atoms with Crippen LogP contribution in [0.3, 0.4) is 0 Å². The van der Waals surface area contributed by atoms with Crippen LogP contribution >= 0.6 is 11.3 Å². The van der Waals surface area contributed by atoms with Crippen LogP contribution in [-0.2, 0) is 14.3 Å². The fraction of sp³-hybridized carbons (Fsp3) is 0.231. The number of allylic oxidation sites excluding steroid dienone is 1. The molecule has 36 heavy (non-hydrogen) atoms. The maximum atomic E-state index is 13.7. The molecule has 184 valence electrons. The van der Waals surface area contributed by atoms with E-state index in [2.05, 4.69) is 4.99 Å². The molecule has 9 nitrogen and oxygen atoms in total. The van der Waals surface area contributed by atoms with Gasteiger partial charge in [-0.3, -0.25) is 14.2 Å². The Kier molecular flexibility index (Phi) is 6.19. The highest BCUT2D eigenvalue weighted by Gasteiger charge is 2.34. The second-order valence-electron chi connectivity index (χ2n) is 8.08. The lowest BCUT2D eigenvalue weighted by Crippen LogP contribution is -2.39. The van der Waals surface area contributed by atoms with Crippen LogP contribution in [-0.4, -0.2) is 29.9 Å². The zero-order chi connectivity index (χ0) is 25.4. The van der Waals surface area contributed by atoms with Gasteiger partial charge < -0.3 is 18.9 Å². The molecule has 0 N–H and O–H groups in total. The van der Waals surface area contributed by atoms with Gasteiger partial charge in [0.25, 0.3) is 5.56 Å². The van der Waals surface area contributed by atoms with Crippen molar-refractivity contribution in [1.29, 1.82) is 0 Å². The number of hydrogen-bond acceptors (Lipinski definition) is 9. The lowest BCUT2D eigenvalue weighted by molar-refractivity contribution is -0.139. The average Bonchev–Trinajstić information content (AvgIpc) is 3.43. The summed E-state index contributed by atoms with van der Waals surface area (Å²) in [5.74, 6) is 0.616. The van der Waals surface area contributed by atoms with Gasteiger partial charge in [0.2, 0.25) is 6.79 Å². The molecule has 5 rings (SSSR count). The smallest absolute Gasteiger partial charge is 0.338 e. The predicted molar refractivity (Wildman–Crippen MR) is 131 cm³/mol. The highest BCUT2D eigenvalue weighted by atomic mass is 32.1. The number of benzene rings is 2. The molecular formula is C26H22N2O7S. The zero-order valence-electron chi connectivity index (χ0n) is 19.8. The van der Waals surface area contributed by atoms with E-state index in [0.29, 0.717) is 43.4 Å². The van der Waals surface area contributed by atoms with Crippen LogP contribution in [0.5, 0.6) is 17.2 Å². The lowest BCUT2D eigenvalue weighted by atomic mass is 9.95. The topological polar surface area (TPSA) is 105 Å². The van der Waals surface area contributed by atoms with Crippen molar-refractivity contribution in [3.8, 4) is 17.2 Å². The van der Waals surface area contributed by atoms with Crippen LogP contribution in [0.1, 0.15) is 37.9 Å². The van der Waals surface area contributed by atoms with Gasteiger partial charge in [0.1, 0.15) is 5.75 Å². The Morgan fingerprint density at radius 2 is 1.92 bits per heavy atom. The molecule has 0 saturated carbocycles. The molecule has 10 heteroatoms. The molecule has 0 saturated heterocycles. The largest absolute Gasteiger partial charge is 0.463 e. The SMILES string of the molecule is CCOC(=O)C1=C(C)N=c2s/c(=C\c3ccc(OC(C)=O)cc3)c(=O)n2[C@H]1c1ccc2c(c1)OCO2. The molecule has 1 aromatic heterocycles. The van der Waals surface area contributed by atoms with E-state index in [1.54, 1.807) is 62.4 Å². The average molecular weight is 507 g/mol. The van der Waals surface area contributed by atoms with Crippen LogP contribution in [0.4, 0.5) is 0 Å². The molecule has 3 aromatic rings. The van der Waals surface area contributed by atoms with E-state index in [4.69, 9.17) is 18.9 Å². The third-order valence-corrected chi connectivity index (χ3v) is 6.65. The quantitative estimate of drug-likeness (QED) is 0.387. The summed E-state index contributed by atoms with van der Waals surface area (Å²) in [4.78, 5) is 42.9. The molecule has 0 radical (unpaired) electrons. The number of aromatic nitrogens is 1. The van der Waals surface area contributed by atoms with E-state index in [-0.39, 0.29) is 19.0 Å². The Labute approximate surface area is 209 Å². The van der Waals surface area contributed by atoms with Crippen molar-refractivity contribution < 1.29 is 28.5 Å². The first-order valence-corrected chi connectivity index (χ1v) is 12.0. The first-order valence-electron chi connectivity index (χ1n) is 11.2. The number of carbonyl (C=O) groups excluding carboxylic acids is 2. The maximum absolute atomic E-state index is 13.7. The van der Waals surface area contributed by atoms with Gasteiger partial charge in [-0.1, -0.05) is 29.5 Å². The van der Waals surface area contributed by atoms with Crippen molar-refractivity contribution in [1.82, 2.24) is 4.57 Å². The van der Waals surface area contributed by atoms with E-state index >= 15 is 0 Å². The van der Waals surface area contributed by atoms with Crippen molar-refractivity contribution in [3.63, 3.8) is 0 Å². The van der Waals surface area contributed by atoms with Gasteiger partial charge in [0.05, 0.1) is 28.5 Å². The number of carbonyl (C=O) groups is 2. The second-order valence-corrected chi connectivity index (χ2v) is 9.09. The summed E-state index contributed by atoms with van der Waals surface area (Å²) in [5.41, 5.74) is 1.90. The summed E-state index contributed by atoms with van der Waals surface area (Å²) in [5, 5.41) is 0. The molecule has 0 amide bonds. The van der Waals surface area contributed by atoms with Gasteiger partial charge in [0.15, 0.2) is 16.3 Å². The Balaban J connectivity index is 1.64. The molecule has 3 heterocycles. The van der Waals surface area contributed by atoms with Crippen LogP contribution in [0.15, 0.2) is 63.5 Å². The number of esters is 2. The summed E-state index contributed by atoms with van der Waals surface area (Å²) >= 11 is 1.23. The van der Waals surface area contributed by atoms with Gasteiger partial charge in [-0.2, -0.15) is 0 Å². The van der Waals surface area contributed by atoms with Crippen molar-refractivity contribution in [2.45, 2.75) is 26.8 Å². The van der Waals surface area contributed by atoms with Crippen molar-refractivity contribution >= 4 is 29.4 Å². The number of ether oxygens (including phenoxy) is 4. The van der Waals surface area contributed by atoms with Crippen LogP contribution in [0.25, 0.3) is 6.08 Å². The Morgan fingerprint density at radius 3 is 2.64 bits per heavy atom. The Hall–Kier alpha value is -4.18. The predicted octanol–water partition coefficient (Wildman–Crippen LogP) is 2.45. The summed E-state index contributed by atoms with van der Waals surface area (Å²) in [6.07, 6.45) is 1.74. The van der Waals surface area contributed by atoms with Gasteiger partial charge in [0, 0.05) is 6.92 Å². The molecule has 0 fully saturated rings. The van der Waals surface area contributed by atoms with Gasteiger partial charge in [-0.15, -0.1) is 0 Å².